The van der Waals surface area contributed by atoms with Crippen LogP contribution in [-0.4, -0.2) is 50.3 Å². The molecule has 1 amide bonds. The van der Waals surface area contributed by atoms with Crippen LogP contribution < -0.4 is 14.8 Å². The maximum atomic E-state index is 12.3. The highest BCUT2D eigenvalue weighted by molar-refractivity contribution is 5.85. The highest BCUT2D eigenvalue weighted by atomic mass is 35.5. The SMILES string of the molecule is CNCCCC(=O)N1Cc2c(OC)ccc(OC)c2C(O)C1.Cl. The van der Waals surface area contributed by atoms with Crippen LogP contribution in [0.4, 0.5) is 0 Å². The molecule has 2 N–H and O–H groups in total. The number of nitrogens with one attached hydrogen (secondary N) is 1. The van der Waals surface area contributed by atoms with Crippen molar-refractivity contribution < 1.29 is 19.4 Å². The van der Waals surface area contributed by atoms with Crippen LogP contribution in [0.5, 0.6) is 11.5 Å². The monoisotopic (exact) mass is 344 g/mol. The number of ether oxygens (including phenoxy) is 2. The van der Waals surface area contributed by atoms with Gasteiger partial charge in [-0.15, -0.1) is 12.4 Å². The third-order valence-corrected chi connectivity index (χ3v) is 3.96. The van der Waals surface area contributed by atoms with E-state index in [0.29, 0.717) is 24.5 Å². The molecule has 0 aliphatic carbocycles. The summed E-state index contributed by atoms with van der Waals surface area (Å²) in [6.45, 7) is 1.52. The van der Waals surface area contributed by atoms with Crippen molar-refractivity contribution in [2.24, 2.45) is 0 Å². The Balaban J connectivity index is 0.00000264. The normalized spacial score (nSPS) is 16.3. The number of carbonyl (C=O) groups is 1. The van der Waals surface area contributed by atoms with E-state index in [4.69, 9.17) is 9.47 Å². The second kappa shape index (κ2) is 8.96. The molecule has 23 heavy (non-hydrogen) atoms. The van der Waals surface area contributed by atoms with Gasteiger partial charge in [-0.25, -0.2) is 0 Å². The van der Waals surface area contributed by atoms with Gasteiger partial charge in [0.15, 0.2) is 0 Å². The van der Waals surface area contributed by atoms with Crippen LogP contribution in [0.25, 0.3) is 0 Å². The van der Waals surface area contributed by atoms with Crippen molar-refractivity contribution in [3.05, 3.63) is 23.3 Å². The van der Waals surface area contributed by atoms with Gasteiger partial charge < -0.3 is 24.8 Å². The summed E-state index contributed by atoms with van der Waals surface area (Å²) in [6, 6.07) is 3.59. The number of aliphatic hydroxyl groups excluding tert-OH is 1. The quantitative estimate of drug-likeness (QED) is 0.765. The van der Waals surface area contributed by atoms with Crippen LogP contribution in [0.15, 0.2) is 12.1 Å². The number of fused-ring (bicyclic) bond motifs is 1. The molecule has 1 atom stereocenters. The minimum absolute atomic E-state index is 0. The van der Waals surface area contributed by atoms with E-state index < -0.39 is 6.10 Å². The number of benzene rings is 1. The number of methoxy groups -OCH3 is 2. The van der Waals surface area contributed by atoms with E-state index in [0.717, 1.165) is 24.1 Å². The Kier molecular flexibility index (Phi) is 7.61. The van der Waals surface area contributed by atoms with Gasteiger partial charge in [0.1, 0.15) is 17.6 Å². The molecule has 130 valence electrons. The number of rotatable bonds is 6. The molecule has 0 saturated carbocycles. The third-order valence-electron chi connectivity index (χ3n) is 3.96. The smallest absolute Gasteiger partial charge is 0.223 e. The number of nitrogens with zero attached hydrogens (tertiary/aromatic N) is 1. The van der Waals surface area contributed by atoms with Gasteiger partial charge in [-0.2, -0.15) is 0 Å². The average Bonchev–Trinajstić information content (AvgIpc) is 2.53. The maximum Gasteiger partial charge on any atom is 0.223 e. The van der Waals surface area contributed by atoms with Crippen molar-refractivity contribution in [2.75, 3.05) is 34.4 Å². The fourth-order valence-corrected chi connectivity index (χ4v) is 2.84. The number of halogens is 1. The summed E-state index contributed by atoms with van der Waals surface area (Å²) < 4.78 is 10.7. The Hall–Kier alpha value is -1.50. The minimum Gasteiger partial charge on any atom is -0.496 e. The Morgan fingerprint density at radius 3 is 2.61 bits per heavy atom. The third kappa shape index (κ3) is 4.28. The number of hydrogen-bond acceptors (Lipinski definition) is 5. The minimum atomic E-state index is -0.762. The largest absolute Gasteiger partial charge is 0.496 e. The average molecular weight is 345 g/mol. The summed E-state index contributed by atoms with van der Waals surface area (Å²) >= 11 is 0. The van der Waals surface area contributed by atoms with E-state index in [-0.39, 0.29) is 24.9 Å². The first-order chi connectivity index (χ1) is 10.6. The molecular formula is C16H25ClN2O4. The Labute approximate surface area is 143 Å². The molecule has 6 nitrogen and oxygen atoms in total. The first-order valence-corrected chi connectivity index (χ1v) is 7.46. The highest BCUT2D eigenvalue weighted by Crippen LogP contribution is 2.39. The van der Waals surface area contributed by atoms with Gasteiger partial charge in [-0.05, 0) is 32.1 Å². The number of hydrogen-bond donors (Lipinski definition) is 2. The summed E-state index contributed by atoms with van der Waals surface area (Å²) in [5, 5.41) is 13.5. The van der Waals surface area contributed by atoms with E-state index in [1.807, 2.05) is 7.05 Å². The molecule has 1 heterocycles. The number of β-amino-alcohol motifs (C(OH)–C–C–N with tert-alkyl or cyclic N) is 1. The predicted octanol–water partition coefficient (Wildman–Crippen LogP) is 1.50. The van der Waals surface area contributed by atoms with Crippen LogP contribution in [-0.2, 0) is 11.3 Å². The van der Waals surface area contributed by atoms with Crippen molar-refractivity contribution in [2.45, 2.75) is 25.5 Å². The van der Waals surface area contributed by atoms with Gasteiger partial charge in [-0.1, -0.05) is 0 Å². The molecule has 7 heteroatoms. The van der Waals surface area contributed by atoms with E-state index in [1.54, 1.807) is 31.3 Å². The molecular weight excluding hydrogens is 320 g/mol. The zero-order valence-electron chi connectivity index (χ0n) is 13.8. The second-order valence-corrected chi connectivity index (χ2v) is 5.36. The lowest BCUT2D eigenvalue weighted by Gasteiger charge is -2.34. The first-order valence-electron chi connectivity index (χ1n) is 7.46. The van der Waals surface area contributed by atoms with E-state index in [2.05, 4.69) is 5.32 Å². The molecule has 0 fully saturated rings. The summed E-state index contributed by atoms with van der Waals surface area (Å²) in [5.74, 6) is 1.35. The topological polar surface area (TPSA) is 71.0 Å². The van der Waals surface area contributed by atoms with Crippen LogP contribution >= 0.6 is 12.4 Å². The zero-order valence-corrected chi connectivity index (χ0v) is 14.6. The van der Waals surface area contributed by atoms with Crippen molar-refractivity contribution in [1.82, 2.24) is 10.2 Å². The molecule has 1 aliphatic heterocycles. The van der Waals surface area contributed by atoms with Gasteiger partial charge in [0.05, 0.1) is 20.8 Å². The summed E-state index contributed by atoms with van der Waals surface area (Å²) in [6.07, 6.45) is 0.487. The van der Waals surface area contributed by atoms with Gasteiger partial charge in [0, 0.05) is 24.1 Å². The lowest BCUT2D eigenvalue weighted by atomic mass is 9.95. The lowest BCUT2D eigenvalue weighted by molar-refractivity contribution is -0.134. The van der Waals surface area contributed by atoms with Crippen molar-refractivity contribution >= 4 is 18.3 Å². The number of carbonyl (C=O) groups excluding carboxylic acids is 1. The van der Waals surface area contributed by atoms with Crippen LogP contribution in [0, 0.1) is 0 Å². The van der Waals surface area contributed by atoms with Gasteiger partial charge in [0.2, 0.25) is 5.91 Å². The van der Waals surface area contributed by atoms with Crippen molar-refractivity contribution in [3.8, 4) is 11.5 Å². The Morgan fingerprint density at radius 1 is 1.35 bits per heavy atom. The molecule has 0 radical (unpaired) electrons. The van der Waals surface area contributed by atoms with E-state index in [9.17, 15) is 9.90 Å². The summed E-state index contributed by atoms with van der Waals surface area (Å²) in [5.41, 5.74) is 1.55. The molecule has 0 saturated heterocycles. The molecule has 1 aliphatic rings. The van der Waals surface area contributed by atoms with E-state index in [1.165, 1.54) is 0 Å². The predicted molar refractivity (Wildman–Crippen MR) is 90.3 cm³/mol. The standard InChI is InChI=1S/C16H24N2O4.ClH/c1-17-8-4-5-15(20)18-9-11-13(21-2)6-7-14(22-3)16(11)12(19)10-18;/h6-7,12,17,19H,4-5,8-10H2,1-3H3;1H. The van der Waals surface area contributed by atoms with Gasteiger partial charge >= 0.3 is 0 Å². The van der Waals surface area contributed by atoms with Crippen LogP contribution in [0.3, 0.4) is 0 Å². The Morgan fingerprint density at radius 2 is 2.00 bits per heavy atom. The van der Waals surface area contributed by atoms with E-state index >= 15 is 0 Å². The highest BCUT2D eigenvalue weighted by Gasteiger charge is 2.31. The maximum absolute atomic E-state index is 12.3. The van der Waals surface area contributed by atoms with Crippen LogP contribution in [0.1, 0.15) is 30.1 Å². The van der Waals surface area contributed by atoms with Crippen molar-refractivity contribution in [3.63, 3.8) is 0 Å². The van der Waals surface area contributed by atoms with Crippen LogP contribution in [0.2, 0.25) is 0 Å². The molecule has 0 spiro atoms. The molecule has 0 aromatic heterocycles. The van der Waals surface area contributed by atoms with Gasteiger partial charge in [0.25, 0.3) is 0 Å². The van der Waals surface area contributed by atoms with Gasteiger partial charge in [-0.3, -0.25) is 4.79 Å². The molecule has 1 aromatic carbocycles. The number of amides is 1. The molecule has 0 bridgehead atoms. The number of aliphatic hydroxyl groups is 1. The molecule has 2 rings (SSSR count). The summed E-state index contributed by atoms with van der Waals surface area (Å²) in [4.78, 5) is 14.0. The first kappa shape index (κ1) is 19.5. The Bertz CT molecular complexity index is 539. The summed E-state index contributed by atoms with van der Waals surface area (Å²) in [7, 11) is 5.02. The van der Waals surface area contributed by atoms with Crippen molar-refractivity contribution in [1.29, 1.82) is 0 Å². The lowest BCUT2D eigenvalue weighted by Crippen LogP contribution is -2.38. The molecule has 1 unspecified atom stereocenters. The zero-order chi connectivity index (χ0) is 16.1. The second-order valence-electron chi connectivity index (χ2n) is 5.36. The fourth-order valence-electron chi connectivity index (χ4n) is 2.84. The molecule has 1 aromatic rings. The fraction of sp³-hybridized carbons (Fsp3) is 0.562.